The highest BCUT2D eigenvalue weighted by Gasteiger charge is 2.08. The van der Waals surface area contributed by atoms with Crippen LogP contribution in [0.1, 0.15) is 31.0 Å². The number of nitrogens with one attached hydrogen (secondary N) is 1. The van der Waals surface area contributed by atoms with Crippen molar-refractivity contribution in [3.8, 4) is 11.4 Å². The maximum Gasteiger partial charge on any atom is 0.251 e. The van der Waals surface area contributed by atoms with E-state index in [4.69, 9.17) is 11.6 Å². The molecule has 0 unspecified atom stereocenters. The number of halogens is 1. The Morgan fingerprint density at radius 1 is 1.28 bits per heavy atom. The van der Waals surface area contributed by atoms with Crippen molar-refractivity contribution in [3.05, 3.63) is 50.9 Å². The first-order chi connectivity index (χ1) is 8.47. The van der Waals surface area contributed by atoms with Gasteiger partial charge in [-0.2, -0.15) is 0 Å². The number of aromatic amines is 1. The van der Waals surface area contributed by atoms with Crippen LogP contribution in [0, 0.1) is 6.92 Å². The molecule has 1 heterocycles. The highest BCUT2D eigenvalue weighted by atomic mass is 35.5. The van der Waals surface area contributed by atoms with Gasteiger partial charge in [0.25, 0.3) is 5.56 Å². The molecule has 0 saturated heterocycles. The molecule has 94 valence electrons. The molecule has 0 aliphatic heterocycles. The summed E-state index contributed by atoms with van der Waals surface area (Å²) in [5.41, 5.74) is 2.47. The number of rotatable bonds is 2. The maximum absolute atomic E-state index is 11.6. The topological polar surface area (TPSA) is 45.8 Å². The number of aromatic nitrogens is 2. The molecule has 0 fully saturated rings. The Kier molecular flexibility index (Phi) is 3.53. The molecule has 3 nitrogen and oxygen atoms in total. The number of hydrogen-bond acceptors (Lipinski definition) is 2. The van der Waals surface area contributed by atoms with Crippen LogP contribution in [0.3, 0.4) is 0 Å². The van der Waals surface area contributed by atoms with E-state index in [2.05, 4.69) is 9.97 Å². The van der Waals surface area contributed by atoms with Gasteiger partial charge >= 0.3 is 0 Å². The van der Waals surface area contributed by atoms with Crippen LogP contribution in [0.2, 0.25) is 5.02 Å². The number of H-pyrrole nitrogens is 1. The third-order valence-electron chi connectivity index (χ3n) is 2.80. The SMILES string of the molecule is Cc1ccc(-c2nc(C(C)C)cc(=O)[nH]2)cc1Cl. The van der Waals surface area contributed by atoms with Gasteiger partial charge in [-0.05, 0) is 24.5 Å². The van der Waals surface area contributed by atoms with E-state index in [9.17, 15) is 4.79 Å². The predicted molar refractivity (Wildman–Crippen MR) is 74.1 cm³/mol. The molecule has 4 heteroatoms. The van der Waals surface area contributed by atoms with Crippen LogP contribution >= 0.6 is 11.6 Å². The van der Waals surface area contributed by atoms with Crippen molar-refractivity contribution in [2.75, 3.05) is 0 Å². The van der Waals surface area contributed by atoms with Gasteiger partial charge in [-0.1, -0.05) is 37.6 Å². The van der Waals surface area contributed by atoms with Gasteiger partial charge in [0, 0.05) is 16.7 Å². The molecule has 0 radical (unpaired) electrons. The lowest BCUT2D eigenvalue weighted by atomic mass is 10.1. The normalized spacial score (nSPS) is 10.9. The van der Waals surface area contributed by atoms with Gasteiger partial charge in [0.05, 0.1) is 5.69 Å². The zero-order chi connectivity index (χ0) is 13.3. The van der Waals surface area contributed by atoms with Crippen molar-refractivity contribution < 1.29 is 0 Å². The lowest BCUT2D eigenvalue weighted by Gasteiger charge is -2.07. The third-order valence-corrected chi connectivity index (χ3v) is 3.21. The van der Waals surface area contributed by atoms with Crippen molar-refractivity contribution in [1.29, 1.82) is 0 Å². The molecule has 0 bridgehead atoms. The smallest absolute Gasteiger partial charge is 0.251 e. The van der Waals surface area contributed by atoms with Crippen LogP contribution in [0.5, 0.6) is 0 Å². The van der Waals surface area contributed by atoms with E-state index in [-0.39, 0.29) is 11.5 Å². The Morgan fingerprint density at radius 2 is 2.00 bits per heavy atom. The van der Waals surface area contributed by atoms with E-state index in [1.54, 1.807) is 0 Å². The first-order valence-corrected chi connectivity index (χ1v) is 6.23. The van der Waals surface area contributed by atoms with Crippen molar-refractivity contribution in [2.24, 2.45) is 0 Å². The summed E-state index contributed by atoms with van der Waals surface area (Å²) in [6.45, 7) is 5.95. The Balaban J connectivity index is 2.56. The minimum atomic E-state index is -0.139. The second kappa shape index (κ2) is 4.94. The molecule has 18 heavy (non-hydrogen) atoms. The number of benzene rings is 1. The summed E-state index contributed by atoms with van der Waals surface area (Å²) in [5.74, 6) is 0.778. The monoisotopic (exact) mass is 262 g/mol. The van der Waals surface area contributed by atoms with E-state index in [1.165, 1.54) is 6.07 Å². The highest BCUT2D eigenvalue weighted by Crippen LogP contribution is 2.23. The van der Waals surface area contributed by atoms with Crippen molar-refractivity contribution in [3.63, 3.8) is 0 Å². The standard InChI is InChI=1S/C14H15ClN2O/c1-8(2)12-7-13(18)17-14(16-12)10-5-4-9(3)11(15)6-10/h4-8H,1-3H3,(H,16,17,18). The summed E-state index contributed by atoms with van der Waals surface area (Å²) in [4.78, 5) is 18.8. The molecular weight excluding hydrogens is 248 g/mol. The van der Waals surface area contributed by atoms with E-state index in [1.807, 2.05) is 39.0 Å². The fourth-order valence-electron chi connectivity index (χ4n) is 1.65. The Bertz CT molecular complexity index is 632. The Labute approximate surface area is 111 Å². The van der Waals surface area contributed by atoms with E-state index in [0.717, 1.165) is 16.8 Å². The van der Waals surface area contributed by atoms with Gasteiger partial charge < -0.3 is 4.98 Å². The van der Waals surface area contributed by atoms with Crippen molar-refractivity contribution >= 4 is 11.6 Å². The van der Waals surface area contributed by atoms with Crippen LogP contribution in [-0.2, 0) is 0 Å². The van der Waals surface area contributed by atoms with Crippen LogP contribution in [0.15, 0.2) is 29.1 Å². The Hall–Kier alpha value is -1.61. The minimum absolute atomic E-state index is 0.139. The average molecular weight is 263 g/mol. The van der Waals surface area contributed by atoms with E-state index >= 15 is 0 Å². The van der Waals surface area contributed by atoms with Gasteiger partial charge in [-0.3, -0.25) is 4.79 Å². The van der Waals surface area contributed by atoms with E-state index in [0.29, 0.717) is 10.8 Å². The second-order valence-electron chi connectivity index (χ2n) is 4.64. The van der Waals surface area contributed by atoms with Crippen LogP contribution < -0.4 is 5.56 Å². The fraction of sp³-hybridized carbons (Fsp3) is 0.286. The lowest BCUT2D eigenvalue weighted by Crippen LogP contribution is -2.11. The Morgan fingerprint density at radius 3 is 2.61 bits per heavy atom. The molecule has 0 amide bonds. The second-order valence-corrected chi connectivity index (χ2v) is 5.04. The number of hydrogen-bond donors (Lipinski definition) is 1. The predicted octanol–water partition coefficient (Wildman–Crippen LogP) is 3.52. The van der Waals surface area contributed by atoms with Gasteiger partial charge in [0.1, 0.15) is 5.82 Å². The molecule has 1 N–H and O–H groups in total. The van der Waals surface area contributed by atoms with Gasteiger partial charge in [-0.15, -0.1) is 0 Å². The maximum atomic E-state index is 11.6. The minimum Gasteiger partial charge on any atom is -0.307 e. The van der Waals surface area contributed by atoms with Crippen molar-refractivity contribution in [2.45, 2.75) is 26.7 Å². The number of nitrogens with zero attached hydrogens (tertiary/aromatic N) is 1. The van der Waals surface area contributed by atoms with Crippen LogP contribution in [0.25, 0.3) is 11.4 Å². The summed E-state index contributed by atoms with van der Waals surface area (Å²) in [5, 5.41) is 0.671. The van der Waals surface area contributed by atoms with Crippen LogP contribution in [-0.4, -0.2) is 9.97 Å². The molecule has 0 atom stereocenters. The number of aryl methyl sites for hydroxylation is 1. The summed E-state index contributed by atoms with van der Waals surface area (Å²) in [7, 11) is 0. The summed E-state index contributed by atoms with van der Waals surface area (Å²) < 4.78 is 0. The highest BCUT2D eigenvalue weighted by molar-refractivity contribution is 6.31. The van der Waals surface area contributed by atoms with Crippen LogP contribution in [0.4, 0.5) is 0 Å². The summed E-state index contributed by atoms with van der Waals surface area (Å²) in [6.07, 6.45) is 0. The largest absolute Gasteiger partial charge is 0.307 e. The van der Waals surface area contributed by atoms with Crippen molar-refractivity contribution in [1.82, 2.24) is 9.97 Å². The first kappa shape index (κ1) is 12.8. The van der Waals surface area contributed by atoms with Gasteiger partial charge in [0.2, 0.25) is 0 Å². The lowest BCUT2D eigenvalue weighted by molar-refractivity contribution is 0.812. The molecule has 0 aliphatic rings. The molecule has 1 aromatic carbocycles. The zero-order valence-corrected chi connectivity index (χ0v) is 11.4. The molecule has 0 aliphatic carbocycles. The molecule has 2 rings (SSSR count). The van der Waals surface area contributed by atoms with E-state index < -0.39 is 0 Å². The molecular formula is C14H15ClN2O. The first-order valence-electron chi connectivity index (χ1n) is 5.85. The third kappa shape index (κ3) is 2.62. The quantitative estimate of drug-likeness (QED) is 0.900. The summed E-state index contributed by atoms with van der Waals surface area (Å²) in [6, 6.07) is 7.17. The molecule has 1 aromatic heterocycles. The zero-order valence-electron chi connectivity index (χ0n) is 10.6. The van der Waals surface area contributed by atoms with Gasteiger partial charge in [0.15, 0.2) is 0 Å². The molecule has 0 spiro atoms. The molecule has 2 aromatic rings. The molecule has 0 saturated carbocycles. The van der Waals surface area contributed by atoms with Gasteiger partial charge in [-0.25, -0.2) is 4.98 Å². The summed E-state index contributed by atoms with van der Waals surface area (Å²) >= 11 is 6.09. The fourth-order valence-corrected chi connectivity index (χ4v) is 1.83. The average Bonchev–Trinajstić information content (AvgIpc) is 2.31.